The molecule has 0 aromatic heterocycles. The van der Waals surface area contributed by atoms with E-state index in [-0.39, 0.29) is 0 Å². The van der Waals surface area contributed by atoms with E-state index < -0.39 is 0 Å². The SMILES string of the molecule is Cc1cccc2c1NC1(CCCC1)C[C@@H]2C. The van der Waals surface area contributed by atoms with Crippen LogP contribution >= 0.6 is 0 Å². The summed E-state index contributed by atoms with van der Waals surface area (Å²) >= 11 is 0. The molecule has 1 aromatic rings. The third-order valence-corrected chi connectivity index (χ3v) is 4.48. The van der Waals surface area contributed by atoms with E-state index in [9.17, 15) is 0 Å². The second-order valence-electron chi connectivity index (χ2n) is 5.76. The summed E-state index contributed by atoms with van der Waals surface area (Å²) in [6.07, 6.45) is 6.86. The van der Waals surface area contributed by atoms with Crippen LogP contribution in [0.4, 0.5) is 5.69 Å². The van der Waals surface area contributed by atoms with Crippen LogP contribution in [0.1, 0.15) is 56.1 Å². The third kappa shape index (κ3) is 1.45. The van der Waals surface area contributed by atoms with Crippen LogP contribution in [0.3, 0.4) is 0 Å². The summed E-state index contributed by atoms with van der Waals surface area (Å²) < 4.78 is 0. The largest absolute Gasteiger partial charge is 0.379 e. The summed E-state index contributed by atoms with van der Waals surface area (Å²) in [4.78, 5) is 0. The van der Waals surface area contributed by atoms with Crippen molar-refractivity contribution >= 4 is 5.69 Å². The Bertz CT molecular complexity index is 402. The van der Waals surface area contributed by atoms with Crippen molar-refractivity contribution in [3.05, 3.63) is 29.3 Å². The number of fused-ring (bicyclic) bond motifs is 1. The predicted molar refractivity (Wildman–Crippen MR) is 69.0 cm³/mol. The van der Waals surface area contributed by atoms with Gasteiger partial charge >= 0.3 is 0 Å². The molecule has 1 fully saturated rings. The summed E-state index contributed by atoms with van der Waals surface area (Å²) in [6, 6.07) is 6.72. The molecule has 1 aliphatic carbocycles. The van der Waals surface area contributed by atoms with Gasteiger partial charge in [-0.15, -0.1) is 0 Å². The Morgan fingerprint density at radius 1 is 1.25 bits per heavy atom. The molecule has 1 aromatic carbocycles. The average Bonchev–Trinajstić information content (AvgIpc) is 2.68. The smallest absolute Gasteiger partial charge is 0.0409 e. The number of hydrogen-bond acceptors (Lipinski definition) is 1. The molecule has 1 atom stereocenters. The first-order valence-electron chi connectivity index (χ1n) is 6.58. The molecule has 2 aliphatic rings. The lowest BCUT2D eigenvalue weighted by atomic mass is 9.78. The second kappa shape index (κ2) is 3.51. The number of hydrogen-bond donors (Lipinski definition) is 1. The highest BCUT2D eigenvalue weighted by atomic mass is 15.0. The van der Waals surface area contributed by atoms with Gasteiger partial charge in [-0.05, 0) is 43.2 Å². The molecule has 0 amide bonds. The molecule has 86 valence electrons. The molecule has 0 saturated heterocycles. The van der Waals surface area contributed by atoms with Gasteiger partial charge < -0.3 is 5.32 Å². The van der Waals surface area contributed by atoms with Gasteiger partial charge in [-0.25, -0.2) is 0 Å². The number of para-hydroxylation sites is 1. The van der Waals surface area contributed by atoms with E-state index in [2.05, 4.69) is 37.4 Å². The standard InChI is InChI=1S/C15H21N/c1-11-6-5-7-13-12(2)10-15(16-14(11)13)8-3-4-9-15/h5-7,12,16H,3-4,8-10H2,1-2H3/t12-/m0/s1. The predicted octanol–water partition coefficient (Wildman–Crippen LogP) is 4.23. The average molecular weight is 215 g/mol. The van der Waals surface area contributed by atoms with Crippen LogP contribution in [-0.2, 0) is 0 Å². The Hall–Kier alpha value is -0.980. The van der Waals surface area contributed by atoms with Gasteiger partial charge in [-0.2, -0.15) is 0 Å². The maximum atomic E-state index is 3.87. The highest BCUT2D eigenvalue weighted by molar-refractivity contribution is 5.62. The molecule has 3 rings (SSSR count). The summed E-state index contributed by atoms with van der Waals surface area (Å²) in [5.74, 6) is 0.717. The van der Waals surface area contributed by atoms with E-state index >= 15 is 0 Å². The molecule has 16 heavy (non-hydrogen) atoms. The van der Waals surface area contributed by atoms with E-state index in [4.69, 9.17) is 0 Å². The minimum atomic E-state index is 0.429. The van der Waals surface area contributed by atoms with Crippen molar-refractivity contribution in [3.63, 3.8) is 0 Å². The van der Waals surface area contributed by atoms with E-state index in [0.29, 0.717) is 11.5 Å². The fourth-order valence-electron chi connectivity index (χ4n) is 3.67. The first kappa shape index (κ1) is 10.2. The fraction of sp³-hybridized carbons (Fsp3) is 0.600. The number of benzene rings is 1. The Labute approximate surface area is 98.3 Å². The van der Waals surface area contributed by atoms with Crippen molar-refractivity contribution in [2.45, 2.75) is 57.4 Å². The molecule has 1 N–H and O–H groups in total. The molecule has 1 saturated carbocycles. The molecule has 0 radical (unpaired) electrons. The van der Waals surface area contributed by atoms with E-state index in [0.717, 1.165) is 0 Å². The quantitative estimate of drug-likeness (QED) is 0.683. The molecule has 1 heterocycles. The van der Waals surface area contributed by atoms with E-state index in [1.54, 1.807) is 0 Å². The highest BCUT2D eigenvalue weighted by Crippen LogP contribution is 2.47. The maximum Gasteiger partial charge on any atom is 0.0409 e. The van der Waals surface area contributed by atoms with Crippen LogP contribution < -0.4 is 5.32 Å². The number of anilines is 1. The zero-order valence-electron chi connectivity index (χ0n) is 10.3. The molecular weight excluding hydrogens is 194 g/mol. The lowest BCUT2D eigenvalue weighted by Gasteiger charge is -2.41. The van der Waals surface area contributed by atoms with Crippen molar-refractivity contribution < 1.29 is 0 Å². The van der Waals surface area contributed by atoms with Crippen LogP contribution in [0.2, 0.25) is 0 Å². The summed E-state index contributed by atoms with van der Waals surface area (Å²) in [7, 11) is 0. The molecule has 1 spiro atoms. The van der Waals surface area contributed by atoms with Gasteiger partial charge in [0.05, 0.1) is 0 Å². The summed E-state index contributed by atoms with van der Waals surface area (Å²) in [5, 5.41) is 3.87. The summed E-state index contributed by atoms with van der Waals surface area (Å²) in [6.45, 7) is 4.62. The molecule has 0 unspecified atom stereocenters. The molecule has 0 bridgehead atoms. The van der Waals surface area contributed by atoms with Gasteiger partial charge in [0, 0.05) is 11.2 Å². The van der Waals surface area contributed by atoms with Crippen molar-refractivity contribution in [2.24, 2.45) is 0 Å². The first-order valence-corrected chi connectivity index (χ1v) is 6.58. The van der Waals surface area contributed by atoms with Crippen molar-refractivity contribution in [1.82, 2.24) is 0 Å². The van der Waals surface area contributed by atoms with E-state index in [1.807, 2.05) is 0 Å². The van der Waals surface area contributed by atoms with Gasteiger partial charge in [0.2, 0.25) is 0 Å². The Kier molecular flexibility index (Phi) is 2.24. The Morgan fingerprint density at radius 3 is 2.75 bits per heavy atom. The number of rotatable bonds is 0. The second-order valence-corrected chi connectivity index (χ2v) is 5.76. The van der Waals surface area contributed by atoms with Gasteiger partial charge in [0.25, 0.3) is 0 Å². The van der Waals surface area contributed by atoms with Crippen LogP contribution in [-0.4, -0.2) is 5.54 Å². The van der Waals surface area contributed by atoms with Gasteiger partial charge in [0.15, 0.2) is 0 Å². The summed E-state index contributed by atoms with van der Waals surface area (Å²) in [5.41, 5.74) is 4.80. The topological polar surface area (TPSA) is 12.0 Å². The van der Waals surface area contributed by atoms with Gasteiger partial charge in [0.1, 0.15) is 0 Å². The Balaban J connectivity index is 2.04. The minimum Gasteiger partial charge on any atom is -0.379 e. The zero-order chi connectivity index (χ0) is 11.2. The van der Waals surface area contributed by atoms with Crippen LogP contribution in [0.15, 0.2) is 18.2 Å². The normalized spacial score (nSPS) is 26.5. The molecule has 1 nitrogen and oxygen atoms in total. The number of aryl methyl sites for hydroxylation is 1. The van der Waals surface area contributed by atoms with Crippen molar-refractivity contribution in [2.75, 3.05) is 5.32 Å². The zero-order valence-corrected chi connectivity index (χ0v) is 10.3. The number of nitrogens with one attached hydrogen (secondary N) is 1. The van der Waals surface area contributed by atoms with E-state index in [1.165, 1.54) is 48.9 Å². The maximum absolute atomic E-state index is 3.87. The van der Waals surface area contributed by atoms with Crippen molar-refractivity contribution in [3.8, 4) is 0 Å². The first-order chi connectivity index (χ1) is 7.70. The highest BCUT2D eigenvalue weighted by Gasteiger charge is 2.39. The van der Waals surface area contributed by atoms with Crippen LogP contribution in [0, 0.1) is 6.92 Å². The monoisotopic (exact) mass is 215 g/mol. The van der Waals surface area contributed by atoms with Gasteiger partial charge in [-0.3, -0.25) is 0 Å². The lowest BCUT2D eigenvalue weighted by Crippen LogP contribution is -2.40. The Morgan fingerprint density at radius 2 is 2.00 bits per heavy atom. The lowest BCUT2D eigenvalue weighted by molar-refractivity contribution is 0.396. The van der Waals surface area contributed by atoms with Crippen LogP contribution in [0.25, 0.3) is 0 Å². The molecule has 1 aliphatic heterocycles. The van der Waals surface area contributed by atoms with Crippen molar-refractivity contribution in [1.29, 1.82) is 0 Å². The van der Waals surface area contributed by atoms with Crippen LogP contribution in [0.5, 0.6) is 0 Å². The third-order valence-electron chi connectivity index (χ3n) is 4.48. The molecule has 1 heteroatoms. The van der Waals surface area contributed by atoms with Gasteiger partial charge in [-0.1, -0.05) is 38.0 Å². The fourth-order valence-corrected chi connectivity index (χ4v) is 3.67. The molecular formula is C15H21N. The minimum absolute atomic E-state index is 0.429.